The minimum Gasteiger partial charge on any atom is -0.205 e. The average molecular weight is 463 g/mol. The van der Waals surface area contributed by atoms with Crippen molar-refractivity contribution in [1.82, 2.24) is 0 Å². The molecule has 4 rings (SSSR count). The summed E-state index contributed by atoms with van der Waals surface area (Å²) in [5.41, 5.74) is 6.31. The minimum atomic E-state index is -0.364. The normalized spacial score (nSPS) is 18.4. The van der Waals surface area contributed by atoms with Crippen molar-refractivity contribution >= 4 is 11.6 Å². The Kier molecular flexibility index (Phi) is 8.62. The third-order valence-corrected chi connectivity index (χ3v) is 7.72. The zero-order chi connectivity index (χ0) is 23.0. The first-order valence-electron chi connectivity index (χ1n) is 12.8. The van der Waals surface area contributed by atoms with Crippen LogP contribution < -0.4 is 0 Å². The maximum Gasteiger partial charge on any atom is 0.142 e. The van der Waals surface area contributed by atoms with E-state index in [2.05, 4.69) is 55.5 Å². The van der Waals surface area contributed by atoms with Crippen molar-refractivity contribution in [1.29, 1.82) is 0 Å². The zero-order valence-electron chi connectivity index (χ0n) is 19.8. The van der Waals surface area contributed by atoms with Gasteiger partial charge in [0.05, 0.1) is 5.02 Å². The molecule has 1 aliphatic rings. The van der Waals surface area contributed by atoms with Crippen LogP contribution in [0.1, 0.15) is 80.9 Å². The van der Waals surface area contributed by atoms with Gasteiger partial charge in [-0.05, 0) is 103 Å². The van der Waals surface area contributed by atoms with Crippen molar-refractivity contribution in [2.45, 2.75) is 77.0 Å². The number of hydrogen-bond acceptors (Lipinski definition) is 0. The Morgan fingerprint density at radius 2 is 1.39 bits per heavy atom. The first-order valence-corrected chi connectivity index (χ1v) is 13.1. The standard InChI is InChI=1S/C31H36ClF/c1-2-3-4-5-23-8-14-26(15-9-23)27-16-10-24(11-17-27)6-7-25-12-18-28(19-13-25)29-20-21-30(32)31(33)22-29/h8-9,12-15,18-22,24,27H,2-7,10-11,16-17H2,1H3. The highest BCUT2D eigenvalue weighted by Crippen LogP contribution is 2.37. The topological polar surface area (TPSA) is 0 Å². The van der Waals surface area contributed by atoms with Crippen molar-refractivity contribution in [3.63, 3.8) is 0 Å². The number of halogens is 2. The van der Waals surface area contributed by atoms with Gasteiger partial charge < -0.3 is 0 Å². The minimum absolute atomic E-state index is 0.171. The van der Waals surface area contributed by atoms with Gasteiger partial charge >= 0.3 is 0 Å². The lowest BCUT2D eigenvalue weighted by Crippen LogP contribution is -2.14. The molecule has 0 radical (unpaired) electrons. The summed E-state index contributed by atoms with van der Waals surface area (Å²) in [5.74, 6) is 1.21. The first-order chi connectivity index (χ1) is 16.1. The number of benzene rings is 3. The number of aryl methyl sites for hydroxylation is 2. The van der Waals surface area contributed by atoms with Crippen molar-refractivity contribution in [3.05, 3.63) is 94.3 Å². The van der Waals surface area contributed by atoms with Crippen LogP contribution in [0.2, 0.25) is 5.02 Å². The van der Waals surface area contributed by atoms with Crippen molar-refractivity contribution in [2.24, 2.45) is 5.92 Å². The van der Waals surface area contributed by atoms with Crippen LogP contribution in [0.15, 0.2) is 66.7 Å². The van der Waals surface area contributed by atoms with E-state index in [0.717, 1.165) is 29.4 Å². The highest BCUT2D eigenvalue weighted by Gasteiger charge is 2.22. The van der Waals surface area contributed by atoms with E-state index < -0.39 is 0 Å². The molecule has 0 amide bonds. The van der Waals surface area contributed by atoms with E-state index in [9.17, 15) is 4.39 Å². The summed E-state index contributed by atoms with van der Waals surface area (Å²) in [7, 11) is 0. The molecular formula is C31H36ClF. The zero-order valence-corrected chi connectivity index (χ0v) is 20.6. The van der Waals surface area contributed by atoms with Crippen LogP contribution in [-0.2, 0) is 12.8 Å². The lowest BCUT2D eigenvalue weighted by molar-refractivity contribution is 0.310. The Morgan fingerprint density at radius 1 is 0.758 bits per heavy atom. The van der Waals surface area contributed by atoms with E-state index in [1.807, 2.05) is 6.07 Å². The van der Waals surface area contributed by atoms with E-state index in [-0.39, 0.29) is 10.8 Å². The summed E-state index contributed by atoms with van der Waals surface area (Å²) in [6.45, 7) is 2.27. The van der Waals surface area contributed by atoms with E-state index >= 15 is 0 Å². The van der Waals surface area contributed by atoms with Gasteiger partial charge in [-0.25, -0.2) is 4.39 Å². The molecule has 0 saturated heterocycles. The lowest BCUT2D eigenvalue weighted by atomic mass is 9.76. The summed E-state index contributed by atoms with van der Waals surface area (Å²) in [6, 6.07) is 23.1. The molecule has 3 aromatic carbocycles. The first kappa shape index (κ1) is 24.0. The van der Waals surface area contributed by atoms with Crippen LogP contribution in [0, 0.1) is 11.7 Å². The second-order valence-corrected chi connectivity index (χ2v) is 10.2. The van der Waals surface area contributed by atoms with Gasteiger partial charge in [-0.2, -0.15) is 0 Å². The third kappa shape index (κ3) is 6.70. The number of unbranched alkanes of at least 4 members (excludes halogenated alkanes) is 2. The van der Waals surface area contributed by atoms with Crippen molar-refractivity contribution < 1.29 is 4.39 Å². The second-order valence-electron chi connectivity index (χ2n) is 9.78. The van der Waals surface area contributed by atoms with E-state index in [1.54, 1.807) is 11.6 Å². The molecule has 1 aliphatic carbocycles. The molecule has 0 bridgehead atoms. The Hall–Kier alpha value is -2.12. The predicted octanol–water partition coefficient (Wildman–Crippen LogP) is 9.79. The molecular weight excluding hydrogens is 427 g/mol. The van der Waals surface area contributed by atoms with Gasteiger partial charge in [-0.1, -0.05) is 86.0 Å². The Bertz CT molecular complexity index is 998. The van der Waals surface area contributed by atoms with Gasteiger partial charge in [0.25, 0.3) is 0 Å². The molecule has 33 heavy (non-hydrogen) atoms. The summed E-state index contributed by atoms with van der Waals surface area (Å²) >= 11 is 5.80. The smallest absolute Gasteiger partial charge is 0.142 e. The maximum atomic E-state index is 13.7. The predicted molar refractivity (Wildman–Crippen MR) is 140 cm³/mol. The van der Waals surface area contributed by atoms with Crippen LogP contribution in [-0.4, -0.2) is 0 Å². The largest absolute Gasteiger partial charge is 0.205 e. The third-order valence-electron chi connectivity index (χ3n) is 7.42. The highest BCUT2D eigenvalue weighted by molar-refractivity contribution is 6.30. The van der Waals surface area contributed by atoms with Gasteiger partial charge in [-0.3, -0.25) is 0 Å². The number of hydrogen-bond donors (Lipinski definition) is 0. The van der Waals surface area contributed by atoms with Crippen LogP contribution in [0.5, 0.6) is 0 Å². The molecule has 174 valence electrons. The molecule has 1 saturated carbocycles. The van der Waals surface area contributed by atoms with Crippen molar-refractivity contribution in [2.75, 3.05) is 0 Å². The number of rotatable bonds is 9. The molecule has 0 heterocycles. The molecule has 1 fully saturated rings. The van der Waals surface area contributed by atoms with E-state index in [1.165, 1.54) is 75.0 Å². The molecule has 0 aromatic heterocycles. The van der Waals surface area contributed by atoms with Gasteiger partial charge in [0.1, 0.15) is 5.82 Å². The van der Waals surface area contributed by atoms with Crippen LogP contribution in [0.3, 0.4) is 0 Å². The molecule has 0 aliphatic heterocycles. The van der Waals surface area contributed by atoms with Gasteiger partial charge in [-0.15, -0.1) is 0 Å². The molecule has 0 spiro atoms. The van der Waals surface area contributed by atoms with Gasteiger partial charge in [0.15, 0.2) is 0 Å². The van der Waals surface area contributed by atoms with Gasteiger partial charge in [0.2, 0.25) is 0 Å². The molecule has 2 heteroatoms. The maximum absolute atomic E-state index is 13.7. The van der Waals surface area contributed by atoms with E-state index in [0.29, 0.717) is 0 Å². The fourth-order valence-electron chi connectivity index (χ4n) is 5.23. The SMILES string of the molecule is CCCCCc1ccc(C2CCC(CCc3ccc(-c4ccc(Cl)c(F)c4)cc3)CC2)cc1. The average Bonchev–Trinajstić information content (AvgIpc) is 2.86. The molecule has 0 unspecified atom stereocenters. The monoisotopic (exact) mass is 462 g/mol. The Balaban J connectivity index is 1.23. The molecule has 0 atom stereocenters. The fraction of sp³-hybridized carbons (Fsp3) is 0.419. The summed E-state index contributed by atoms with van der Waals surface area (Å²) in [4.78, 5) is 0. The summed E-state index contributed by atoms with van der Waals surface area (Å²) < 4.78 is 13.7. The van der Waals surface area contributed by atoms with E-state index in [4.69, 9.17) is 11.6 Å². The lowest BCUT2D eigenvalue weighted by Gasteiger charge is -2.29. The molecule has 0 nitrogen and oxygen atoms in total. The van der Waals surface area contributed by atoms with Gasteiger partial charge in [0, 0.05) is 0 Å². The van der Waals surface area contributed by atoms with Crippen LogP contribution >= 0.6 is 11.6 Å². The fourth-order valence-corrected chi connectivity index (χ4v) is 5.35. The summed E-state index contributed by atoms with van der Waals surface area (Å²) in [5, 5.41) is 0.171. The molecule has 3 aromatic rings. The second kappa shape index (κ2) is 11.8. The van der Waals surface area contributed by atoms with Crippen LogP contribution in [0.25, 0.3) is 11.1 Å². The Morgan fingerprint density at radius 3 is 2.06 bits per heavy atom. The van der Waals surface area contributed by atoms with Crippen molar-refractivity contribution in [3.8, 4) is 11.1 Å². The quantitative estimate of drug-likeness (QED) is 0.277. The Labute approximate surface area is 204 Å². The molecule has 0 N–H and O–H groups in total. The summed E-state index contributed by atoms with van der Waals surface area (Å²) in [6.07, 6.45) is 12.9. The highest BCUT2D eigenvalue weighted by atomic mass is 35.5. The van der Waals surface area contributed by atoms with Crippen LogP contribution in [0.4, 0.5) is 4.39 Å².